The van der Waals surface area contributed by atoms with Crippen LogP contribution >= 0.6 is 11.6 Å². The Morgan fingerprint density at radius 1 is 1.14 bits per heavy atom. The van der Waals surface area contributed by atoms with Crippen molar-refractivity contribution in [2.45, 2.75) is 13.8 Å². The van der Waals surface area contributed by atoms with E-state index in [-0.39, 0.29) is 5.69 Å². The minimum atomic E-state index is -0.433. The number of nitro groups is 1. The second-order valence-electron chi connectivity index (χ2n) is 4.57. The average Bonchev–Trinajstić information content (AvgIpc) is 2.44. The molecule has 6 heteroatoms. The number of hydrogen-bond donors (Lipinski definition) is 0. The van der Waals surface area contributed by atoms with Gasteiger partial charge in [-0.1, -0.05) is 11.6 Å². The second-order valence-corrected chi connectivity index (χ2v) is 4.98. The van der Waals surface area contributed by atoms with E-state index in [0.29, 0.717) is 39.5 Å². The van der Waals surface area contributed by atoms with Crippen LogP contribution in [0, 0.1) is 24.0 Å². The normalized spacial score (nSPS) is 10.2. The summed E-state index contributed by atoms with van der Waals surface area (Å²) >= 11 is 6.04. The molecule has 0 amide bonds. The Balaban J connectivity index is 2.38. The molecule has 0 spiro atoms. The Kier molecular flexibility index (Phi) is 4.23. The van der Waals surface area contributed by atoms with Crippen LogP contribution < -0.4 is 4.74 Å². The molecular formula is C15H12ClNO4. The summed E-state index contributed by atoms with van der Waals surface area (Å²) in [7, 11) is 0. The van der Waals surface area contributed by atoms with E-state index in [1.807, 2.05) is 0 Å². The van der Waals surface area contributed by atoms with Crippen LogP contribution in [0.4, 0.5) is 5.69 Å². The van der Waals surface area contributed by atoms with Crippen molar-refractivity contribution in [1.82, 2.24) is 0 Å². The Labute approximate surface area is 126 Å². The first kappa shape index (κ1) is 15.0. The lowest BCUT2D eigenvalue weighted by molar-refractivity contribution is -0.385. The highest BCUT2D eigenvalue weighted by atomic mass is 35.5. The molecule has 0 saturated carbocycles. The lowest BCUT2D eigenvalue weighted by atomic mass is 10.1. The van der Waals surface area contributed by atoms with Crippen molar-refractivity contribution in [3.63, 3.8) is 0 Å². The van der Waals surface area contributed by atoms with Gasteiger partial charge in [0, 0.05) is 17.2 Å². The van der Waals surface area contributed by atoms with E-state index < -0.39 is 4.92 Å². The second kappa shape index (κ2) is 5.93. The van der Waals surface area contributed by atoms with Crippen LogP contribution in [0.1, 0.15) is 21.5 Å². The summed E-state index contributed by atoms with van der Waals surface area (Å²) in [5.41, 5.74) is 1.62. The third-order valence-corrected chi connectivity index (χ3v) is 3.30. The number of hydrogen-bond acceptors (Lipinski definition) is 4. The molecule has 0 radical (unpaired) electrons. The molecule has 2 aromatic rings. The Bertz CT molecular complexity index is 728. The predicted molar refractivity (Wildman–Crippen MR) is 79.5 cm³/mol. The van der Waals surface area contributed by atoms with Crippen LogP contribution in [0.5, 0.6) is 11.5 Å². The van der Waals surface area contributed by atoms with E-state index in [0.717, 1.165) is 0 Å². The smallest absolute Gasteiger partial charge is 0.272 e. The third-order valence-electron chi connectivity index (χ3n) is 3.00. The van der Waals surface area contributed by atoms with Gasteiger partial charge in [0.15, 0.2) is 0 Å². The minimum absolute atomic E-state index is 0.0437. The van der Waals surface area contributed by atoms with Crippen molar-refractivity contribution in [3.8, 4) is 11.5 Å². The molecule has 0 fully saturated rings. The van der Waals surface area contributed by atoms with Crippen molar-refractivity contribution in [2.24, 2.45) is 0 Å². The molecule has 0 aliphatic heterocycles. The van der Waals surface area contributed by atoms with Gasteiger partial charge in [-0.05, 0) is 43.7 Å². The SMILES string of the molecule is Cc1cc([N+](=O)[O-])c(C)cc1Oc1ccc(C=O)cc1Cl. The summed E-state index contributed by atoms with van der Waals surface area (Å²) < 4.78 is 5.68. The minimum Gasteiger partial charge on any atom is -0.456 e. The number of carbonyl (C=O) groups is 1. The molecule has 2 aromatic carbocycles. The Morgan fingerprint density at radius 3 is 2.43 bits per heavy atom. The monoisotopic (exact) mass is 305 g/mol. The number of carbonyl (C=O) groups excluding carboxylic acids is 1. The van der Waals surface area contributed by atoms with Gasteiger partial charge in [-0.15, -0.1) is 0 Å². The molecule has 0 aromatic heterocycles. The van der Waals surface area contributed by atoms with Gasteiger partial charge in [0.05, 0.1) is 9.95 Å². The quantitative estimate of drug-likeness (QED) is 0.475. The van der Waals surface area contributed by atoms with E-state index in [2.05, 4.69) is 0 Å². The van der Waals surface area contributed by atoms with Crippen molar-refractivity contribution in [3.05, 3.63) is 62.2 Å². The first-order chi connectivity index (χ1) is 9.92. The topological polar surface area (TPSA) is 69.4 Å². The number of nitrogens with zero attached hydrogens (tertiary/aromatic N) is 1. The van der Waals surface area contributed by atoms with Gasteiger partial charge in [0.25, 0.3) is 5.69 Å². The molecule has 21 heavy (non-hydrogen) atoms. The van der Waals surface area contributed by atoms with Gasteiger partial charge >= 0.3 is 0 Å². The maximum Gasteiger partial charge on any atom is 0.272 e. The molecule has 0 unspecified atom stereocenters. The Morgan fingerprint density at radius 2 is 1.86 bits per heavy atom. The lowest BCUT2D eigenvalue weighted by Gasteiger charge is -2.11. The number of aldehydes is 1. The van der Waals surface area contributed by atoms with Gasteiger partial charge < -0.3 is 4.74 Å². The summed E-state index contributed by atoms with van der Waals surface area (Å²) in [5.74, 6) is 0.873. The number of aryl methyl sites for hydroxylation is 2. The fourth-order valence-electron chi connectivity index (χ4n) is 1.87. The molecule has 5 nitrogen and oxygen atoms in total. The number of ether oxygens (including phenoxy) is 1. The molecular weight excluding hydrogens is 294 g/mol. The molecule has 0 N–H and O–H groups in total. The van der Waals surface area contributed by atoms with E-state index in [9.17, 15) is 14.9 Å². The van der Waals surface area contributed by atoms with Crippen molar-refractivity contribution in [2.75, 3.05) is 0 Å². The van der Waals surface area contributed by atoms with Gasteiger partial charge in [-0.3, -0.25) is 14.9 Å². The molecule has 2 rings (SSSR count). The number of nitro benzene ring substituents is 1. The van der Waals surface area contributed by atoms with E-state index >= 15 is 0 Å². The van der Waals surface area contributed by atoms with E-state index in [1.54, 1.807) is 32.0 Å². The summed E-state index contributed by atoms with van der Waals surface area (Å²) in [6.07, 6.45) is 0.691. The molecule has 0 heterocycles. The maximum atomic E-state index is 10.9. The van der Waals surface area contributed by atoms with Gasteiger partial charge in [0.1, 0.15) is 17.8 Å². The molecule has 0 bridgehead atoms. The molecule has 0 saturated heterocycles. The highest BCUT2D eigenvalue weighted by molar-refractivity contribution is 6.32. The molecule has 0 aliphatic carbocycles. The van der Waals surface area contributed by atoms with Crippen LogP contribution in [0.15, 0.2) is 30.3 Å². The third kappa shape index (κ3) is 3.20. The van der Waals surface area contributed by atoms with Gasteiger partial charge in [-0.25, -0.2) is 0 Å². The lowest BCUT2D eigenvalue weighted by Crippen LogP contribution is -1.95. The van der Waals surface area contributed by atoms with E-state index in [1.165, 1.54) is 12.1 Å². The molecule has 0 atom stereocenters. The first-order valence-electron chi connectivity index (χ1n) is 6.10. The highest BCUT2D eigenvalue weighted by Crippen LogP contribution is 2.34. The molecule has 108 valence electrons. The number of benzene rings is 2. The fourth-order valence-corrected chi connectivity index (χ4v) is 2.10. The highest BCUT2D eigenvalue weighted by Gasteiger charge is 2.15. The van der Waals surface area contributed by atoms with Gasteiger partial charge in [-0.2, -0.15) is 0 Å². The van der Waals surface area contributed by atoms with Crippen LogP contribution in [0.25, 0.3) is 0 Å². The summed E-state index contributed by atoms with van der Waals surface area (Å²) in [6, 6.07) is 7.72. The maximum absolute atomic E-state index is 10.9. The zero-order valence-corrected chi connectivity index (χ0v) is 12.2. The summed E-state index contributed by atoms with van der Waals surface area (Å²) in [4.78, 5) is 21.1. The van der Waals surface area contributed by atoms with Crippen LogP contribution in [0.3, 0.4) is 0 Å². The van der Waals surface area contributed by atoms with Crippen LogP contribution in [-0.4, -0.2) is 11.2 Å². The predicted octanol–water partition coefficient (Wildman–Crippen LogP) is 4.47. The standard InChI is InChI=1S/C15H12ClNO4/c1-9-6-15(10(2)5-13(9)17(19)20)21-14-4-3-11(8-18)7-12(14)16/h3-8H,1-2H3. The number of rotatable bonds is 4. The van der Waals surface area contributed by atoms with Crippen molar-refractivity contribution in [1.29, 1.82) is 0 Å². The summed E-state index contributed by atoms with van der Waals surface area (Å²) in [5, 5.41) is 11.2. The zero-order valence-electron chi connectivity index (χ0n) is 11.4. The van der Waals surface area contributed by atoms with Gasteiger partial charge in [0.2, 0.25) is 0 Å². The van der Waals surface area contributed by atoms with Crippen LogP contribution in [-0.2, 0) is 0 Å². The molecule has 0 aliphatic rings. The van der Waals surface area contributed by atoms with Crippen molar-refractivity contribution < 1.29 is 14.5 Å². The number of halogens is 1. The Hall–Kier alpha value is -2.40. The first-order valence-corrected chi connectivity index (χ1v) is 6.48. The van der Waals surface area contributed by atoms with Crippen LogP contribution in [0.2, 0.25) is 5.02 Å². The fraction of sp³-hybridized carbons (Fsp3) is 0.133. The largest absolute Gasteiger partial charge is 0.456 e. The average molecular weight is 306 g/mol. The van der Waals surface area contributed by atoms with E-state index in [4.69, 9.17) is 16.3 Å². The van der Waals surface area contributed by atoms with Crippen molar-refractivity contribution >= 4 is 23.6 Å². The zero-order chi connectivity index (χ0) is 15.6. The summed E-state index contributed by atoms with van der Waals surface area (Å²) in [6.45, 7) is 3.36.